The Balaban J connectivity index is 1.70. The second-order valence-electron chi connectivity index (χ2n) is 4.40. The predicted molar refractivity (Wildman–Crippen MR) is 80.8 cm³/mol. The summed E-state index contributed by atoms with van der Waals surface area (Å²) in [6.07, 6.45) is 2.44. The molecule has 0 spiro atoms. The zero-order chi connectivity index (χ0) is 13.8. The minimum Gasteiger partial charge on any atom is -0.423 e. The van der Waals surface area contributed by atoms with Gasteiger partial charge < -0.3 is 9.73 Å². The van der Waals surface area contributed by atoms with Crippen LogP contribution in [-0.4, -0.2) is 10.2 Å². The van der Waals surface area contributed by atoms with Crippen molar-refractivity contribution in [3.05, 3.63) is 52.5 Å². The molecule has 0 saturated heterocycles. The molecule has 2 heterocycles. The van der Waals surface area contributed by atoms with Crippen molar-refractivity contribution in [1.82, 2.24) is 10.2 Å². The Hall–Kier alpha value is -2.14. The van der Waals surface area contributed by atoms with Crippen molar-refractivity contribution in [2.75, 3.05) is 5.32 Å². The lowest BCUT2D eigenvalue weighted by molar-refractivity contribution is 0.568. The largest absolute Gasteiger partial charge is 0.423 e. The van der Waals surface area contributed by atoms with Crippen molar-refractivity contribution in [2.24, 2.45) is 0 Å². The van der Waals surface area contributed by atoms with Gasteiger partial charge in [-0.15, -0.1) is 21.5 Å². The topological polar surface area (TPSA) is 51.0 Å². The number of aryl methyl sites for hydroxylation is 1. The molecule has 0 aliphatic rings. The maximum Gasteiger partial charge on any atom is 0.247 e. The first-order valence-corrected chi connectivity index (χ1v) is 7.35. The van der Waals surface area contributed by atoms with Gasteiger partial charge in [0, 0.05) is 27.5 Å². The number of hydrogen-bond acceptors (Lipinski definition) is 5. The van der Waals surface area contributed by atoms with Gasteiger partial charge in [0.05, 0.1) is 0 Å². The van der Waals surface area contributed by atoms with E-state index in [-0.39, 0.29) is 0 Å². The van der Waals surface area contributed by atoms with Gasteiger partial charge in [-0.2, -0.15) is 0 Å². The SMILES string of the molecule is CCc1ccc(CNc2cccc(-c3nnco3)c2)s1. The summed E-state index contributed by atoms with van der Waals surface area (Å²) in [4.78, 5) is 2.76. The highest BCUT2D eigenvalue weighted by Crippen LogP contribution is 2.22. The lowest BCUT2D eigenvalue weighted by Crippen LogP contribution is -1.97. The highest BCUT2D eigenvalue weighted by molar-refractivity contribution is 7.12. The van der Waals surface area contributed by atoms with Crippen LogP contribution in [0.25, 0.3) is 11.5 Å². The Bertz CT molecular complexity index is 676. The Kier molecular flexibility index (Phi) is 3.78. The molecule has 1 N–H and O–H groups in total. The highest BCUT2D eigenvalue weighted by Gasteiger charge is 2.04. The van der Waals surface area contributed by atoms with E-state index in [4.69, 9.17) is 4.42 Å². The molecule has 5 heteroatoms. The first-order valence-electron chi connectivity index (χ1n) is 6.53. The maximum absolute atomic E-state index is 5.21. The summed E-state index contributed by atoms with van der Waals surface area (Å²) >= 11 is 1.85. The fraction of sp³-hybridized carbons (Fsp3) is 0.200. The number of aromatic nitrogens is 2. The van der Waals surface area contributed by atoms with Crippen molar-refractivity contribution in [2.45, 2.75) is 19.9 Å². The van der Waals surface area contributed by atoms with Gasteiger partial charge in [-0.25, -0.2) is 0 Å². The fourth-order valence-electron chi connectivity index (χ4n) is 1.96. The molecule has 0 atom stereocenters. The molecule has 0 fully saturated rings. The first-order chi connectivity index (χ1) is 9.85. The molecule has 0 unspecified atom stereocenters. The molecule has 0 radical (unpaired) electrons. The van der Waals surface area contributed by atoms with Crippen LogP contribution < -0.4 is 5.32 Å². The molecule has 0 aliphatic carbocycles. The van der Waals surface area contributed by atoms with E-state index < -0.39 is 0 Å². The minimum atomic E-state index is 0.540. The molecular formula is C15H15N3OS. The van der Waals surface area contributed by atoms with Crippen molar-refractivity contribution in [1.29, 1.82) is 0 Å². The second-order valence-corrected chi connectivity index (χ2v) is 5.65. The van der Waals surface area contributed by atoms with Gasteiger partial charge in [-0.1, -0.05) is 13.0 Å². The van der Waals surface area contributed by atoms with Crippen molar-refractivity contribution in [3.63, 3.8) is 0 Å². The molecular weight excluding hydrogens is 270 g/mol. The maximum atomic E-state index is 5.21. The summed E-state index contributed by atoms with van der Waals surface area (Å²) < 4.78 is 5.21. The van der Waals surface area contributed by atoms with Crippen LogP contribution in [0, 0.1) is 0 Å². The van der Waals surface area contributed by atoms with Gasteiger partial charge in [-0.05, 0) is 36.8 Å². The molecule has 4 nitrogen and oxygen atoms in total. The zero-order valence-corrected chi connectivity index (χ0v) is 12.0. The Labute approximate surface area is 121 Å². The van der Waals surface area contributed by atoms with Crippen LogP contribution in [0.15, 0.2) is 47.2 Å². The van der Waals surface area contributed by atoms with Crippen LogP contribution in [0.1, 0.15) is 16.7 Å². The van der Waals surface area contributed by atoms with E-state index >= 15 is 0 Å². The van der Waals surface area contributed by atoms with E-state index in [9.17, 15) is 0 Å². The van der Waals surface area contributed by atoms with Crippen LogP contribution in [0.2, 0.25) is 0 Å². The summed E-state index contributed by atoms with van der Waals surface area (Å²) in [7, 11) is 0. The van der Waals surface area contributed by atoms with Crippen LogP contribution >= 0.6 is 11.3 Å². The smallest absolute Gasteiger partial charge is 0.247 e. The van der Waals surface area contributed by atoms with Crippen molar-refractivity contribution in [3.8, 4) is 11.5 Å². The van der Waals surface area contributed by atoms with Crippen LogP contribution in [0.5, 0.6) is 0 Å². The molecule has 0 bridgehead atoms. The number of hydrogen-bond donors (Lipinski definition) is 1. The molecule has 102 valence electrons. The summed E-state index contributed by atoms with van der Waals surface area (Å²) in [6.45, 7) is 3.01. The standard InChI is InChI=1S/C15H15N3OS/c1-2-13-6-7-14(20-13)9-16-12-5-3-4-11(8-12)15-18-17-10-19-15/h3-8,10,16H,2,9H2,1H3. The average molecular weight is 285 g/mol. The molecule has 3 aromatic rings. The van der Waals surface area contributed by atoms with Gasteiger partial charge in [-0.3, -0.25) is 0 Å². The molecule has 0 saturated carbocycles. The minimum absolute atomic E-state index is 0.540. The Morgan fingerprint density at radius 2 is 2.10 bits per heavy atom. The third kappa shape index (κ3) is 2.88. The summed E-state index contributed by atoms with van der Waals surface area (Å²) in [6, 6.07) is 12.4. The molecule has 1 aromatic carbocycles. The van der Waals surface area contributed by atoms with Crippen molar-refractivity contribution >= 4 is 17.0 Å². The van der Waals surface area contributed by atoms with E-state index in [1.807, 2.05) is 35.6 Å². The monoisotopic (exact) mass is 285 g/mol. The molecule has 0 amide bonds. The summed E-state index contributed by atoms with van der Waals surface area (Å²) in [5.41, 5.74) is 1.97. The van der Waals surface area contributed by atoms with E-state index in [0.717, 1.165) is 24.2 Å². The second kappa shape index (κ2) is 5.88. The number of rotatable bonds is 5. The highest BCUT2D eigenvalue weighted by atomic mass is 32.1. The number of thiophene rings is 1. The van der Waals surface area contributed by atoms with E-state index in [2.05, 4.69) is 34.6 Å². The van der Waals surface area contributed by atoms with Crippen LogP contribution in [0.3, 0.4) is 0 Å². The number of nitrogens with zero attached hydrogens (tertiary/aromatic N) is 2. The Morgan fingerprint density at radius 1 is 1.20 bits per heavy atom. The van der Waals surface area contributed by atoms with E-state index in [1.54, 1.807) is 0 Å². The Morgan fingerprint density at radius 3 is 2.85 bits per heavy atom. The van der Waals surface area contributed by atoms with Gasteiger partial charge in [0.25, 0.3) is 0 Å². The molecule has 0 aliphatic heterocycles. The summed E-state index contributed by atoms with van der Waals surface area (Å²) in [5.74, 6) is 0.540. The third-order valence-electron chi connectivity index (χ3n) is 3.00. The molecule has 3 rings (SSSR count). The normalized spacial score (nSPS) is 10.7. The summed E-state index contributed by atoms with van der Waals surface area (Å²) in [5, 5.41) is 11.0. The van der Waals surface area contributed by atoms with Gasteiger partial charge in [0.1, 0.15) is 0 Å². The van der Waals surface area contributed by atoms with Crippen molar-refractivity contribution < 1.29 is 4.42 Å². The van der Waals surface area contributed by atoms with Crippen LogP contribution in [-0.2, 0) is 13.0 Å². The molecule has 20 heavy (non-hydrogen) atoms. The number of anilines is 1. The fourth-order valence-corrected chi connectivity index (χ4v) is 2.86. The quantitative estimate of drug-likeness (QED) is 0.770. The predicted octanol–water partition coefficient (Wildman–Crippen LogP) is 3.97. The van der Waals surface area contributed by atoms with E-state index in [1.165, 1.54) is 16.1 Å². The lowest BCUT2D eigenvalue weighted by atomic mass is 10.2. The third-order valence-corrected chi connectivity index (χ3v) is 4.23. The van der Waals surface area contributed by atoms with Gasteiger partial charge >= 0.3 is 0 Å². The number of benzene rings is 1. The van der Waals surface area contributed by atoms with Crippen LogP contribution in [0.4, 0.5) is 5.69 Å². The average Bonchev–Trinajstić information content (AvgIpc) is 3.17. The number of nitrogens with one attached hydrogen (secondary N) is 1. The first kappa shape index (κ1) is 12.9. The lowest BCUT2D eigenvalue weighted by Gasteiger charge is -2.05. The van der Waals surface area contributed by atoms with Gasteiger partial charge in [0.15, 0.2) is 0 Å². The molecule has 2 aromatic heterocycles. The zero-order valence-electron chi connectivity index (χ0n) is 11.2. The van der Waals surface area contributed by atoms with E-state index in [0.29, 0.717) is 5.89 Å². The van der Waals surface area contributed by atoms with Gasteiger partial charge in [0.2, 0.25) is 12.3 Å².